The summed E-state index contributed by atoms with van der Waals surface area (Å²) in [5.74, 6) is 0.486. The van der Waals surface area contributed by atoms with Crippen molar-refractivity contribution in [3.8, 4) is 0 Å². The lowest BCUT2D eigenvalue weighted by Gasteiger charge is -2.16. The zero-order valence-electron chi connectivity index (χ0n) is 8.90. The van der Waals surface area contributed by atoms with Gasteiger partial charge in [-0.15, -0.1) is 0 Å². The number of aromatic nitrogens is 2. The summed E-state index contributed by atoms with van der Waals surface area (Å²) in [5.41, 5.74) is 0. The van der Waals surface area contributed by atoms with Gasteiger partial charge in [-0.25, -0.2) is 0 Å². The molecule has 1 aromatic rings. The maximum absolute atomic E-state index is 11.0. The maximum Gasteiger partial charge on any atom is 0.295 e. The molecule has 0 bridgehead atoms. The van der Waals surface area contributed by atoms with E-state index in [1.165, 1.54) is 19.8 Å². The molecule has 2 heterocycles. The Kier molecular flexibility index (Phi) is 2.99. The number of nitrogens with zero attached hydrogens (tertiary/aromatic N) is 3. The molecule has 82 valence electrons. The van der Waals surface area contributed by atoms with Gasteiger partial charge in [-0.05, 0) is 18.0 Å². The summed E-state index contributed by atoms with van der Waals surface area (Å²) < 4.78 is 4.87. The van der Waals surface area contributed by atoms with Crippen molar-refractivity contribution in [1.29, 1.82) is 0 Å². The minimum Gasteiger partial charge on any atom is -0.338 e. The van der Waals surface area contributed by atoms with Crippen molar-refractivity contribution in [2.45, 2.75) is 32.6 Å². The van der Waals surface area contributed by atoms with Crippen LogP contribution in [0.4, 0.5) is 5.95 Å². The van der Waals surface area contributed by atoms with Crippen molar-refractivity contribution in [3.63, 3.8) is 0 Å². The number of anilines is 1. The first-order valence-electron chi connectivity index (χ1n) is 5.37. The summed E-state index contributed by atoms with van der Waals surface area (Å²) in [5, 5.41) is 3.82. The quantitative estimate of drug-likeness (QED) is 0.693. The lowest BCUT2D eigenvalue weighted by Crippen LogP contribution is -2.25. The van der Waals surface area contributed by atoms with Gasteiger partial charge in [0.15, 0.2) is 0 Å². The minimum atomic E-state index is -0.177. The van der Waals surface area contributed by atoms with Crippen molar-refractivity contribution in [1.82, 2.24) is 10.1 Å². The first kappa shape index (κ1) is 10.1. The molecule has 1 fully saturated rings. The number of hydrogen-bond acceptors (Lipinski definition) is 5. The predicted octanol–water partition coefficient (Wildman–Crippen LogP) is 1.65. The highest BCUT2D eigenvalue weighted by Crippen LogP contribution is 2.16. The normalized spacial score (nSPS) is 17.5. The van der Waals surface area contributed by atoms with E-state index in [0.29, 0.717) is 5.95 Å². The molecule has 2 rings (SSSR count). The van der Waals surface area contributed by atoms with Crippen molar-refractivity contribution in [2.75, 3.05) is 18.0 Å². The fourth-order valence-corrected chi connectivity index (χ4v) is 1.76. The predicted molar refractivity (Wildman–Crippen MR) is 55.0 cm³/mol. The van der Waals surface area contributed by atoms with E-state index in [4.69, 9.17) is 4.52 Å². The molecule has 0 atom stereocenters. The lowest BCUT2D eigenvalue weighted by molar-refractivity contribution is 0.0972. The first-order chi connectivity index (χ1) is 7.27. The molecule has 5 nitrogen and oxygen atoms in total. The second kappa shape index (κ2) is 4.42. The smallest absolute Gasteiger partial charge is 0.295 e. The van der Waals surface area contributed by atoms with Crippen LogP contribution in [0.25, 0.3) is 0 Å². The highest BCUT2D eigenvalue weighted by atomic mass is 16.5. The average molecular weight is 209 g/mol. The van der Waals surface area contributed by atoms with Crippen LogP contribution in [-0.4, -0.2) is 29.0 Å². The highest BCUT2D eigenvalue weighted by Gasteiger charge is 2.17. The Bertz CT molecular complexity index is 340. The molecule has 1 saturated heterocycles. The number of rotatable bonds is 2. The SMILES string of the molecule is CC(=O)c1nc(N2CCCCCC2)no1. The summed E-state index contributed by atoms with van der Waals surface area (Å²) in [4.78, 5) is 17.2. The zero-order valence-corrected chi connectivity index (χ0v) is 8.90. The van der Waals surface area contributed by atoms with Gasteiger partial charge in [0.2, 0.25) is 5.78 Å². The molecule has 0 saturated carbocycles. The molecule has 0 unspecified atom stereocenters. The fraction of sp³-hybridized carbons (Fsp3) is 0.700. The van der Waals surface area contributed by atoms with Crippen LogP contribution in [0.5, 0.6) is 0 Å². The van der Waals surface area contributed by atoms with Crippen LogP contribution >= 0.6 is 0 Å². The molecule has 0 aromatic carbocycles. The third-order valence-corrected chi connectivity index (χ3v) is 2.61. The second-order valence-corrected chi connectivity index (χ2v) is 3.86. The number of Topliss-reactive ketones (excluding diaryl/α,β-unsaturated/α-hetero) is 1. The van der Waals surface area contributed by atoms with Gasteiger partial charge in [0.1, 0.15) is 0 Å². The monoisotopic (exact) mass is 209 g/mol. The van der Waals surface area contributed by atoms with E-state index in [-0.39, 0.29) is 11.7 Å². The van der Waals surface area contributed by atoms with E-state index in [2.05, 4.69) is 15.0 Å². The number of carbonyl (C=O) groups is 1. The summed E-state index contributed by atoms with van der Waals surface area (Å²) in [6.07, 6.45) is 4.83. The average Bonchev–Trinajstić information content (AvgIpc) is 2.55. The van der Waals surface area contributed by atoms with E-state index in [0.717, 1.165) is 25.9 Å². The molecule has 1 aromatic heterocycles. The molecule has 0 radical (unpaired) electrons. The topological polar surface area (TPSA) is 59.2 Å². The molecule has 0 aliphatic carbocycles. The molecule has 15 heavy (non-hydrogen) atoms. The summed E-state index contributed by atoms with van der Waals surface area (Å²) in [6, 6.07) is 0. The van der Waals surface area contributed by atoms with Crippen LogP contribution in [0.15, 0.2) is 4.52 Å². The molecule has 0 spiro atoms. The van der Waals surface area contributed by atoms with Gasteiger partial charge in [-0.2, -0.15) is 4.98 Å². The Hall–Kier alpha value is -1.39. The van der Waals surface area contributed by atoms with Crippen LogP contribution in [0, 0.1) is 0 Å². The van der Waals surface area contributed by atoms with Crippen molar-refractivity contribution < 1.29 is 9.32 Å². The summed E-state index contributed by atoms with van der Waals surface area (Å²) >= 11 is 0. The van der Waals surface area contributed by atoms with Crippen LogP contribution < -0.4 is 4.90 Å². The number of carbonyl (C=O) groups excluding carboxylic acids is 1. The van der Waals surface area contributed by atoms with Crippen molar-refractivity contribution in [3.05, 3.63) is 5.89 Å². The molecular weight excluding hydrogens is 194 g/mol. The van der Waals surface area contributed by atoms with Crippen LogP contribution in [0.1, 0.15) is 43.3 Å². The van der Waals surface area contributed by atoms with E-state index in [9.17, 15) is 4.79 Å². The Balaban J connectivity index is 2.10. The number of ketones is 1. The van der Waals surface area contributed by atoms with Crippen molar-refractivity contribution >= 4 is 11.7 Å². The third kappa shape index (κ3) is 2.34. The molecule has 1 aliphatic heterocycles. The van der Waals surface area contributed by atoms with E-state index >= 15 is 0 Å². The Morgan fingerprint density at radius 3 is 2.47 bits per heavy atom. The summed E-state index contributed by atoms with van der Waals surface area (Å²) in [6.45, 7) is 3.34. The minimum absolute atomic E-state index is 0.106. The first-order valence-corrected chi connectivity index (χ1v) is 5.37. The zero-order chi connectivity index (χ0) is 10.7. The van der Waals surface area contributed by atoms with Gasteiger partial charge in [-0.3, -0.25) is 4.79 Å². The Labute approximate surface area is 88.5 Å². The second-order valence-electron chi connectivity index (χ2n) is 3.86. The molecular formula is C10H15N3O2. The van der Waals surface area contributed by atoms with Crippen LogP contribution in [-0.2, 0) is 0 Å². The molecule has 5 heteroatoms. The van der Waals surface area contributed by atoms with E-state index in [1.807, 2.05) is 0 Å². The fourth-order valence-electron chi connectivity index (χ4n) is 1.76. The van der Waals surface area contributed by atoms with Gasteiger partial charge in [0, 0.05) is 20.0 Å². The van der Waals surface area contributed by atoms with E-state index < -0.39 is 0 Å². The standard InChI is InChI=1S/C10H15N3O2/c1-8(14)9-11-10(12-15-9)13-6-4-2-3-5-7-13/h2-7H2,1H3. The van der Waals surface area contributed by atoms with Gasteiger partial charge < -0.3 is 9.42 Å². The van der Waals surface area contributed by atoms with Crippen LogP contribution in [0.3, 0.4) is 0 Å². The van der Waals surface area contributed by atoms with Crippen LogP contribution in [0.2, 0.25) is 0 Å². The largest absolute Gasteiger partial charge is 0.338 e. The maximum atomic E-state index is 11.0. The van der Waals surface area contributed by atoms with Gasteiger partial charge in [-0.1, -0.05) is 12.8 Å². The Morgan fingerprint density at radius 1 is 1.27 bits per heavy atom. The molecule has 0 N–H and O–H groups in total. The van der Waals surface area contributed by atoms with E-state index in [1.54, 1.807) is 0 Å². The van der Waals surface area contributed by atoms with Gasteiger partial charge >= 0.3 is 0 Å². The lowest BCUT2D eigenvalue weighted by atomic mass is 10.2. The Morgan fingerprint density at radius 2 is 1.93 bits per heavy atom. The third-order valence-electron chi connectivity index (χ3n) is 2.61. The van der Waals surface area contributed by atoms with Crippen molar-refractivity contribution in [2.24, 2.45) is 0 Å². The summed E-state index contributed by atoms with van der Waals surface area (Å²) in [7, 11) is 0. The highest BCUT2D eigenvalue weighted by molar-refractivity contribution is 5.89. The van der Waals surface area contributed by atoms with Gasteiger partial charge in [0.05, 0.1) is 0 Å². The van der Waals surface area contributed by atoms with Gasteiger partial charge in [0.25, 0.3) is 11.8 Å². The molecule has 0 amide bonds. The number of hydrogen-bond donors (Lipinski definition) is 0. The molecule has 1 aliphatic rings.